The van der Waals surface area contributed by atoms with Crippen LogP contribution >= 0.6 is 0 Å². The van der Waals surface area contributed by atoms with Crippen molar-refractivity contribution in [2.45, 2.75) is 45.4 Å². The average molecular weight is 358 g/mol. The summed E-state index contributed by atoms with van der Waals surface area (Å²) in [6, 6.07) is 8.52. The maximum Gasteiger partial charge on any atom is 0.408 e. The lowest BCUT2D eigenvalue weighted by molar-refractivity contribution is 0.0501. The van der Waals surface area contributed by atoms with Crippen LogP contribution in [0.4, 0.5) is 4.79 Å². The normalized spacial score (nSPS) is 12.3. The Kier molecular flexibility index (Phi) is 6.25. The number of carbonyl (C=O) groups is 1. The third kappa shape index (κ3) is 5.82. The van der Waals surface area contributed by atoms with Crippen molar-refractivity contribution in [2.24, 2.45) is 0 Å². The van der Waals surface area contributed by atoms with Gasteiger partial charge < -0.3 is 15.2 Å². The minimum atomic E-state index is -0.634. The van der Waals surface area contributed by atoms with Crippen molar-refractivity contribution in [1.82, 2.24) is 25.5 Å². The summed E-state index contributed by atoms with van der Waals surface area (Å²) in [7, 11) is 0. The Bertz CT molecular complexity index is 773. The Hall–Kier alpha value is -2.99. The van der Waals surface area contributed by atoms with E-state index in [1.807, 2.05) is 0 Å². The van der Waals surface area contributed by atoms with Crippen molar-refractivity contribution in [3.05, 3.63) is 41.2 Å². The second-order valence-corrected chi connectivity index (χ2v) is 6.68. The number of nitriles is 1. The molecule has 1 aromatic carbocycles. The molecule has 1 aromatic heterocycles. The van der Waals surface area contributed by atoms with Gasteiger partial charge in [-0.1, -0.05) is 12.1 Å². The predicted molar refractivity (Wildman–Crippen MR) is 91.9 cm³/mol. The molecule has 1 heterocycles. The van der Waals surface area contributed by atoms with Crippen molar-refractivity contribution in [2.75, 3.05) is 6.61 Å². The fourth-order valence-electron chi connectivity index (χ4n) is 2.19. The largest absolute Gasteiger partial charge is 0.444 e. The van der Waals surface area contributed by atoms with Crippen LogP contribution in [0, 0.1) is 11.3 Å². The second-order valence-electron chi connectivity index (χ2n) is 6.68. The Morgan fingerprint density at radius 2 is 2.08 bits per heavy atom. The highest BCUT2D eigenvalue weighted by Crippen LogP contribution is 2.17. The van der Waals surface area contributed by atoms with Crippen LogP contribution in [0.5, 0.6) is 0 Å². The predicted octanol–water partition coefficient (Wildman–Crippen LogP) is 1.35. The van der Waals surface area contributed by atoms with E-state index in [0.29, 0.717) is 17.8 Å². The van der Waals surface area contributed by atoms with E-state index < -0.39 is 17.7 Å². The summed E-state index contributed by atoms with van der Waals surface area (Å²) in [5, 5.41) is 32.6. The van der Waals surface area contributed by atoms with Gasteiger partial charge >= 0.3 is 6.09 Å². The van der Waals surface area contributed by atoms with Gasteiger partial charge in [-0.25, -0.2) is 4.79 Å². The molecule has 1 atom stereocenters. The van der Waals surface area contributed by atoms with Gasteiger partial charge in [0, 0.05) is 6.42 Å². The highest BCUT2D eigenvalue weighted by atomic mass is 16.6. The first kappa shape index (κ1) is 19.3. The molecule has 1 unspecified atom stereocenters. The van der Waals surface area contributed by atoms with E-state index in [-0.39, 0.29) is 13.2 Å². The van der Waals surface area contributed by atoms with E-state index in [4.69, 9.17) is 15.1 Å². The molecule has 0 saturated heterocycles. The van der Waals surface area contributed by atoms with Crippen LogP contribution in [0.25, 0.3) is 0 Å². The number of alkyl carbamates (subject to hydrolysis) is 1. The summed E-state index contributed by atoms with van der Waals surface area (Å²) >= 11 is 0. The maximum absolute atomic E-state index is 12.2. The van der Waals surface area contributed by atoms with Crippen LogP contribution < -0.4 is 5.32 Å². The van der Waals surface area contributed by atoms with Crippen LogP contribution in [0.1, 0.15) is 43.8 Å². The molecule has 2 aromatic rings. The number of benzene rings is 1. The number of tetrazole rings is 1. The first-order chi connectivity index (χ1) is 12.3. The zero-order valence-corrected chi connectivity index (χ0v) is 15.0. The number of aliphatic hydroxyl groups excluding tert-OH is 1. The van der Waals surface area contributed by atoms with Crippen molar-refractivity contribution in [3.8, 4) is 6.07 Å². The molecule has 9 heteroatoms. The number of aromatic nitrogens is 4. The summed E-state index contributed by atoms with van der Waals surface area (Å²) in [5.74, 6) is 0.314. The summed E-state index contributed by atoms with van der Waals surface area (Å²) < 4.78 is 5.30. The van der Waals surface area contributed by atoms with E-state index in [2.05, 4.69) is 26.8 Å². The Morgan fingerprint density at radius 3 is 2.65 bits per heavy atom. The van der Waals surface area contributed by atoms with E-state index in [0.717, 1.165) is 5.56 Å². The van der Waals surface area contributed by atoms with Gasteiger partial charge in [0.15, 0.2) is 5.82 Å². The number of carbonyl (C=O) groups excluding carboxylic acids is 1. The molecule has 0 aliphatic heterocycles. The van der Waals surface area contributed by atoms with Gasteiger partial charge in [-0.2, -0.15) is 10.1 Å². The van der Waals surface area contributed by atoms with Crippen LogP contribution in [0.3, 0.4) is 0 Å². The molecule has 26 heavy (non-hydrogen) atoms. The van der Waals surface area contributed by atoms with Crippen LogP contribution in [-0.4, -0.2) is 43.6 Å². The first-order valence-electron chi connectivity index (χ1n) is 8.18. The maximum atomic E-state index is 12.2. The number of amides is 1. The van der Waals surface area contributed by atoms with Crippen molar-refractivity contribution in [3.63, 3.8) is 0 Å². The molecule has 0 aliphatic carbocycles. The smallest absolute Gasteiger partial charge is 0.408 e. The topological polar surface area (TPSA) is 126 Å². The number of ether oxygens (including phenoxy) is 1. The highest BCUT2D eigenvalue weighted by Gasteiger charge is 2.24. The molecular formula is C17H22N6O3. The van der Waals surface area contributed by atoms with Crippen LogP contribution in [0.2, 0.25) is 0 Å². The van der Waals surface area contributed by atoms with Crippen LogP contribution in [0.15, 0.2) is 24.3 Å². The van der Waals surface area contributed by atoms with E-state index in [1.54, 1.807) is 45.0 Å². The number of rotatable bonds is 6. The minimum absolute atomic E-state index is 0.115. The zero-order chi connectivity index (χ0) is 19.2. The summed E-state index contributed by atoms with van der Waals surface area (Å²) in [5.41, 5.74) is 0.811. The van der Waals surface area contributed by atoms with Gasteiger partial charge in [0.05, 0.1) is 24.8 Å². The standard InChI is InChI=1S/C17H22N6O3/c1-17(2,3)26-16(25)19-14(15-20-22-23(21-15)8-9-24)10-12-4-6-13(11-18)7-5-12/h4-7,14,24H,8-10H2,1-3H3,(H,19,25). The SMILES string of the molecule is CC(C)(C)OC(=O)NC(Cc1ccc(C#N)cc1)c1nnn(CCO)n1. The average Bonchev–Trinajstić information content (AvgIpc) is 3.02. The van der Waals surface area contributed by atoms with Crippen molar-refractivity contribution in [1.29, 1.82) is 5.26 Å². The van der Waals surface area contributed by atoms with Gasteiger partial charge in [0.25, 0.3) is 0 Å². The zero-order valence-electron chi connectivity index (χ0n) is 15.0. The number of hydrogen-bond acceptors (Lipinski definition) is 7. The Balaban J connectivity index is 2.19. The van der Waals surface area contributed by atoms with E-state index >= 15 is 0 Å². The molecule has 0 aliphatic rings. The van der Waals surface area contributed by atoms with Gasteiger partial charge in [0.1, 0.15) is 11.6 Å². The molecule has 0 radical (unpaired) electrons. The monoisotopic (exact) mass is 358 g/mol. The molecule has 0 saturated carbocycles. The summed E-state index contributed by atoms with van der Waals surface area (Å²) in [6.07, 6.45) is -0.190. The van der Waals surface area contributed by atoms with Gasteiger partial charge in [0.2, 0.25) is 0 Å². The molecule has 1 amide bonds. The van der Waals surface area contributed by atoms with Crippen molar-refractivity contribution < 1.29 is 14.6 Å². The minimum Gasteiger partial charge on any atom is -0.444 e. The third-order valence-electron chi connectivity index (χ3n) is 3.29. The van der Waals surface area contributed by atoms with Gasteiger partial charge in [-0.05, 0) is 43.7 Å². The first-order valence-corrected chi connectivity index (χ1v) is 8.18. The third-order valence-corrected chi connectivity index (χ3v) is 3.29. The Labute approximate surface area is 151 Å². The number of nitrogens with one attached hydrogen (secondary N) is 1. The molecule has 0 spiro atoms. The molecule has 138 valence electrons. The fourth-order valence-corrected chi connectivity index (χ4v) is 2.19. The molecule has 0 fully saturated rings. The number of hydrogen-bond donors (Lipinski definition) is 2. The Morgan fingerprint density at radius 1 is 1.38 bits per heavy atom. The molecule has 0 bridgehead atoms. The molecule has 2 N–H and O–H groups in total. The lowest BCUT2D eigenvalue weighted by Crippen LogP contribution is -2.36. The second kappa shape index (κ2) is 8.40. The summed E-state index contributed by atoms with van der Waals surface area (Å²) in [4.78, 5) is 13.4. The molecular weight excluding hydrogens is 336 g/mol. The highest BCUT2D eigenvalue weighted by molar-refractivity contribution is 5.68. The quantitative estimate of drug-likeness (QED) is 0.798. The number of aliphatic hydroxyl groups is 1. The fraction of sp³-hybridized carbons (Fsp3) is 0.471. The van der Waals surface area contributed by atoms with E-state index in [1.165, 1.54) is 4.80 Å². The van der Waals surface area contributed by atoms with Gasteiger partial charge in [-0.15, -0.1) is 10.2 Å². The van der Waals surface area contributed by atoms with Crippen molar-refractivity contribution >= 4 is 6.09 Å². The molecule has 9 nitrogen and oxygen atoms in total. The van der Waals surface area contributed by atoms with Crippen LogP contribution in [-0.2, 0) is 17.7 Å². The number of nitrogens with zero attached hydrogens (tertiary/aromatic N) is 5. The lowest BCUT2D eigenvalue weighted by Gasteiger charge is -2.22. The van der Waals surface area contributed by atoms with E-state index in [9.17, 15) is 4.79 Å². The lowest BCUT2D eigenvalue weighted by atomic mass is 10.0. The summed E-state index contributed by atoms with van der Waals surface area (Å²) in [6.45, 7) is 5.42. The molecule has 2 rings (SSSR count). The van der Waals surface area contributed by atoms with Gasteiger partial charge in [-0.3, -0.25) is 0 Å².